The van der Waals surface area contributed by atoms with Gasteiger partial charge in [0, 0.05) is 36.1 Å². The number of pyridine rings is 1. The molecule has 0 saturated carbocycles. The molecule has 1 aliphatic rings. The van der Waals surface area contributed by atoms with Gasteiger partial charge in [0.05, 0.1) is 6.61 Å². The molecule has 0 unspecified atom stereocenters. The molecule has 150 valence electrons. The average Bonchev–Trinajstić information content (AvgIpc) is 2.75. The molecule has 0 radical (unpaired) electrons. The molecule has 6 nitrogen and oxygen atoms in total. The first-order valence-electron chi connectivity index (χ1n) is 10.1. The van der Waals surface area contributed by atoms with Crippen LogP contribution < -0.4 is 15.2 Å². The van der Waals surface area contributed by atoms with E-state index in [0.717, 1.165) is 55.4 Å². The molecule has 1 aliphatic heterocycles. The normalized spacial score (nSPS) is 13.3. The molecule has 6 heteroatoms. The second kappa shape index (κ2) is 8.07. The molecule has 3 aromatic rings. The molecule has 1 N–H and O–H groups in total. The summed E-state index contributed by atoms with van der Waals surface area (Å²) in [6, 6.07) is 10.3. The first-order valence-corrected chi connectivity index (χ1v) is 10.1. The Morgan fingerprint density at radius 3 is 2.76 bits per heavy atom. The van der Waals surface area contributed by atoms with Gasteiger partial charge in [-0.2, -0.15) is 0 Å². The Morgan fingerprint density at radius 2 is 2.03 bits per heavy atom. The van der Waals surface area contributed by atoms with Gasteiger partial charge in [0.2, 0.25) is 0 Å². The minimum absolute atomic E-state index is 0.105. The molecule has 0 bridgehead atoms. The quantitative estimate of drug-likeness (QED) is 0.717. The zero-order valence-electron chi connectivity index (χ0n) is 17.2. The molecule has 1 aromatic carbocycles. The van der Waals surface area contributed by atoms with Crippen LogP contribution in [-0.4, -0.2) is 28.1 Å². The summed E-state index contributed by atoms with van der Waals surface area (Å²) in [4.78, 5) is 26.2. The topological polar surface area (TPSA) is 71.1 Å². The summed E-state index contributed by atoms with van der Waals surface area (Å²) in [5.41, 5.74) is 4.75. The Kier molecular flexibility index (Phi) is 5.34. The second-order valence-corrected chi connectivity index (χ2v) is 7.48. The number of H-pyrrole nitrogens is 1. The summed E-state index contributed by atoms with van der Waals surface area (Å²) in [6.45, 7) is 8.23. The first kappa shape index (κ1) is 19.2. The zero-order valence-corrected chi connectivity index (χ0v) is 17.2. The van der Waals surface area contributed by atoms with Gasteiger partial charge in [0.15, 0.2) is 0 Å². The molecule has 0 spiro atoms. The maximum absolute atomic E-state index is 12.0. The van der Waals surface area contributed by atoms with Crippen molar-refractivity contribution in [3.63, 3.8) is 0 Å². The van der Waals surface area contributed by atoms with Crippen molar-refractivity contribution in [2.45, 2.75) is 40.2 Å². The number of aryl methyl sites for hydroxylation is 1. The van der Waals surface area contributed by atoms with Crippen LogP contribution in [0.3, 0.4) is 0 Å². The number of hydrogen-bond acceptors (Lipinski definition) is 5. The summed E-state index contributed by atoms with van der Waals surface area (Å²) in [7, 11) is 0. The summed E-state index contributed by atoms with van der Waals surface area (Å²) in [5, 5.41) is 0. The monoisotopic (exact) mass is 390 g/mol. The molecule has 0 fully saturated rings. The van der Waals surface area contributed by atoms with E-state index in [9.17, 15) is 4.79 Å². The fourth-order valence-electron chi connectivity index (χ4n) is 3.53. The van der Waals surface area contributed by atoms with Crippen LogP contribution in [-0.2, 0) is 13.0 Å². The number of nitrogens with one attached hydrogen (secondary N) is 1. The third-order valence-corrected chi connectivity index (χ3v) is 5.40. The Bertz CT molecular complexity index is 1070. The Morgan fingerprint density at radius 1 is 1.17 bits per heavy atom. The predicted molar refractivity (Wildman–Crippen MR) is 115 cm³/mol. The lowest BCUT2D eigenvalue weighted by atomic mass is 9.99. The SMILES string of the molecule is CCCOc1ccc2c(c1)CCN(c1ccc(-c3nc(C)c(C)c(=O)[nH]3)cn1)C2. The van der Waals surface area contributed by atoms with E-state index in [4.69, 9.17) is 4.74 Å². The largest absolute Gasteiger partial charge is 0.494 e. The van der Waals surface area contributed by atoms with Gasteiger partial charge in [0.25, 0.3) is 5.56 Å². The fourth-order valence-corrected chi connectivity index (χ4v) is 3.53. The van der Waals surface area contributed by atoms with E-state index < -0.39 is 0 Å². The van der Waals surface area contributed by atoms with Crippen molar-refractivity contribution in [2.75, 3.05) is 18.1 Å². The molecule has 0 aliphatic carbocycles. The van der Waals surface area contributed by atoms with E-state index in [2.05, 4.69) is 45.0 Å². The van der Waals surface area contributed by atoms with E-state index in [0.29, 0.717) is 11.4 Å². The van der Waals surface area contributed by atoms with Crippen molar-refractivity contribution in [3.05, 3.63) is 69.3 Å². The number of nitrogens with zero attached hydrogens (tertiary/aromatic N) is 3. The number of benzene rings is 1. The first-order chi connectivity index (χ1) is 14.0. The van der Waals surface area contributed by atoms with Gasteiger partial charge < -0.3 is 14.6 Å². The molecule has 0 atom stereocenters. The van der Waals surface area contributed by atoms with Crippen molar-refractivity contribution < 1.29 is 4.74 Å². The molecule has 0 saturated heterocycles. The van der Waals surface area contributed by atoms with E-state index in [1.165, 1.54) is 11.1 Å². The number of ether oxygens (including phenoxy) is 1. The highest BCUT2D eigenvalue weighted by molar-refractivity contribution is 5.57. The molecular weight excluding hydrogens is 364 g/mol. The molecule has 2 aromatic heterocycles. The number of hydrogen-bond donors (Lipinski definition) is 1. The van der Waals surface area contributed by atoms with Gasteiger partial charge in [-0.15, -0.1) is 0 Å². The third kappa shape index (κ3) is 4.01. The average molecular weight is 390 g/mol. The summed E-state index contributed by atoms with van der Waals surface area (Å²) in [6.07, 6.45) is 3.76. The van der Waals surface area contributed by atoms with E-state index in [-0.39, 0.29) is 5.56 Å². The molecule has 0 amide bonds. The van der Waals surface area contributed by atoms with Crippen LogP contribution in [0, 0.1) is 13.8 Å². The molecule has 3 heterocycles. The highest BCUT2D eigenvalue weighted by atomic mass is 16.5. The fraction of sp³-hybridized carbons (Fsp3) is 0.348. The van der Waals surface area contributed by atoms with Crippen LogP contribution in [0.5, 0.6) is 5.75 Å². The van der Waals surface area contributed by atoms with E-state index >= 15 is 0 Å². The third-order valence-electron chi connectivity index (χ3n) is 5.40. The van der Waals surface area contributed by atoms with Crippen molar-refractivity contribution in [1.82, 2.24) is 15.0 Å². The number of fused-ring (bicyclic) bond motifs is 1. The maximum Gasteiger partial charge on any atom is 0.254 e. The van der Waals surface area contributed by atoms with Crippen molar-refractivity contribution in [1.29, 1.82) is 0 Å². The van der Waals surface area contributed by atoms with E-state index in [1.54, 1.807) is 13.1 Å². The van der Waals surface area contributed by atoms with Crippen LogP contribution >= 0.6 is 0 Å². The van der Waals surface area contributed by atoms with Crippen molar-refractivity contribution in [3.8, 4) is 17.1 Å². The zero-order chi connectivity index (χ0) is 20.4. The number of anilines is 1. The van der Waals surface area contributed by atoms with Crippen molar-refractivity contribution in [2.24, 2.45) is 0 Å². The Hall–Kier alpha value is -3.15. The minimum Gasteiger partial charge on any atom is -0.494 e. The molecule has 29 heavy (non-hydrogen) atoms. The summed E-state index contributed by atoms with van der Waals surface area (Å²) in [5.74, 6) is 2.44. The molecule has 4 rings (SSSR count). The van der Waals surface area contributed by atoms with Crippen LogP contribution in [0.25, 0.3) is 11.4 Å². The lowest BCUT2D eigenvalue weighted by molar-refractivity contribution is 0.317. The van der Waals surface area contributed by atoms with Gasteiger partial charge in [-0.1, -0.05) is 13.0 Å². The second-order valence-electron chi connectivity index (χ2n) is 7.48. The van der Waals surface area contributed by atoms with Gasteiger partial charge >= 0.3 is 0 Å². The van der Waals surface area contributed by atoms with Gasteiger partial charge in [-0.25, -0.2) is 9.97 Å². The van der Waals surface area contributed by atoms with E-state index in [1.807, 2.05) is 19.1 Å². The predicted octanol–water partition coefficient (Wildman–Crippen LogP) is 3.80. The number of rotatable bonds is 5. The molecular formula is C23H26N4O2. The highest BCUT2D eigenvalue weighted by Crippen LogP contribution is 2.27. The number of aromatic amines is 1. The lowest BCUT2D eigenvalue weighted by Gasteiger charge is -2.30. The smallest absolute Gasteiger partial charge is 0.254 e. The standard InChI is InChI=1S/C23H26N4O2/c1-4-11-29-20-7-5-19-14-27(10-9-17(19)12-20)21-8-6-18(13-24-21)22-25-16(3)15(2)23(28)26-22/h5-8,12-13H,4,9-11,14H2,1-3H3,(H,25,26,28). The van der Waals surface area contributed by atoms with Crippen molar-refractivity contribution >= 4 is 5.82 Å². The van der Waals surface area contributed by atoms with Crippen LogP contribution in [0.2, 0.25) is 0 Å². The van der Waals surface area contributed by atoms with Crippen LogP contribution in [0.15, 0.2) is 41.3 Å². The summed E-state index contributed by atoms with van der Waals surface area (Å²) >= 11 is 0. The maximum atomic E-state index is 12.0. The van der Waals surface area contributed by atoms with Gasteiger partial charge in [-0.05, 0) is 62.1 Å². The lowest BCUT2D eigenvalue weighted by Crippen LogP contribution is -2.31. The van der Waals surface area contributed by atoms with Gasteiger partial charge in [-0.3, -0.25) is 4.79 Å². The van der Waals surface area contributed by atoms with Crippen LogP contribution in [0.1, 0.15) is 35.7 Å². The summed E-state index contributed by atoms with van der Waals surface area (Å²) < 4.78 is 5.75. The highest BCUT2D eigenvalue weighted by Gasteiger charge is 2.18. The van der Waals surface area contributed by atoms with Gasteiger partial charge in [0.1, 0.15) is 17.4 Å². The van der Waals surface area contributed by atoms with Crippen LogP contribution in [0.4, 0.5) is 5.82 Å². The Balaban J connectivity index is 1.51. The minimum atomic E-state index is -0.105. The number of aromatic nitrogens is 3. The Labute approximate surface area is 170 Å².